The van der Waals surface area contributed by atoms with Crippen molar-refractivity contribution in [2.24, 2.45) is 0 Å². The standard InChI is InChI=1S/C16H17N3O2/c20-16(21)13-7-4-10-19(13)15-8-9-17-14(18-15)11-12-5-2-1-3-6-12/h1-3,5-6,8-9,13H,4,7,10-11H2,(H,20,21)/t13-/m1/s1. The maximum absolute atomic E-state index is 11.3. The monoisotopic (exact) mass is 283 g/mol. The Hall–Kier alpha value is -2.43. The Kier molecular flexibility index (Phi) is 3.81. The first-order valence-electron chi connectivity index (χ1n) is 7.09. The van der Waals surface area contributed by atoms with E-state index in [1.165, 1.54) is 0 Å². The fraction of sp³-hybridized carbons (Fsp3) is 0.312. The Morgan fingerprint density at radius 1 is 1.29 bits per heavy atom. The number of carboxylic acids is 1. The van der Waals surface area contributed by atoms with Gasteiger partial charge in [0.2, 0.25) is 0 Å². The lowest BCUT2D eigenvalue weighted by Crippen LogP contribution is -2.36. The highest BCUT2D eigenvalue weighted by atomic mass is 16.4. The molecule has 1 aromatic carbocycles. The summed E-state index contributed by atoms with van der Waals surface area (Å²) in [5.74, 6) is 0.645. The summed E-state index contributed by atoms with van der Waals surface area (Å²) >= 11 is 0. The maximum atomic E-state index is 11.3. The molecular formula is C16H17N3O2. The average molecular weight is 283 g/mol. The number of carboxylic acid groups (broad SMARTS) is 1. The first-order valence-corrected chi connectivity index (χ1v) is 7.09. The Bertz CT molecular complexity index is 630. The van der Waals surface area contributed by atoms with Gasteiger partial charge in [0, 0.05) is 19.2 Å². The molecule has 108 valence electrons. The number of aromatic nitrogens is 2. The highest BCUT2D eigenvalue weighted by Gasteiger charge is 2.31. The second-order valence-electron chi connectivity index (χ2n) is 5.18. The second-order valence-corrected chi connectivity index (χ2v) is 5.18. The van der Waals surface area contributed by atoms with Crippen molar-refractivity contribution in [3.05, 3.63) is 54.0 Å². The van der Waals surface area contributed by atoms with Gasteiger partial charge in [0.1, 0.15) is 17.7 Å². The molecular weight excluding hydrogens is 266 g/mol. The maximum Gasteiger partial charge on any atom is 0.326 e. The van der Waals surface area contributed by atoms with Gasteiger partial charge in [-0.25, -0.2) is 14.8 Å². The van der Waals surface area contributed by atoms with Crippen molar-refractivity contribution in [1.29, 1.82) is 0 Å². The zero-order chi connectivity index (χ0) is 14.7. The van der Waals surface area contributed by atoms with Crippen LogP contribution in [0.15, 0.2) is 42.6 Å². The third-order valence-corrected chi connectivity index (χ3v) is 3.73. The normalized spacial score (nSPS) is 17.9. The van der Waals surface area contributed by atoms with Crippen LogP contribution in [0.5, 0.6) is 0 Å². The van der Waals surface area contributed by atoms with Crippen molar-refractivity contribution < 1.29 is 9.90 Å². The van der Waals surface area contributed by atoms with Gasteiger partial charge < -0.3 is 10.0 Å². The van der Waals surface area contributed by atoms with E-state index < -0.39 is 12.0 Å². The number of nitrogens with zero attached hydrogens (tertiary/aromatic N) is 3. The van der Waals surface area contributed by atoms with E-state index in [2.05, 4.69) is 9.97 Å². The van der Waals surface area contributed by atoms with Gasteiger partial charge in [-0.1, -0.05) is 30.3 Å². The van der Waals surface area contributed by atoms with Gasteiger partial charge in [-0.15, -0.1) is 0 Å². The molecule has 2 aromatic rings. The number of benzene rings is 1. The highest BCUT2D eigenvalue weighted by molar-refractivity contribution is 5.78. The summed E-state index contributed by atoms with van der Waals surface area (Å²) < 4.78 is 0. The van der Waals surface area contributed by atoms with E-state index in [0.29, 0.717) is 18.7 Å². The minimum atomic E-state index is -0.782. The summed E-state index contributed by atoms with van der Waals surface area (Å²) in [7, 11) is 0. The van der Waals surface area contributed by atoms with E-state index in [1.807, 2.05) is 35.2 Å². The Morgan fingerprint density at radius 3 is 2.86 bits per heavy atom. The van der Waals surface area contributed by atoms with E-state index in [9.17, 15) is 9.90 Å². The van der Waals surface area contributed by atoms with Crippen molar-refractivity contribution in [2.75, 3.05) is 11.4 Å². The summed E-state index contributed by atoms with van der Waals surface area (Å²) in [5.41, 5.74) is 1.14. The summed E-state index contributed by atoms with van der Waals surface area (Å²) in [4.78, 5) is 22.0. The lowest BCUT2D eigenvalue weighted by Gasteiger charge is -2.22. The van der Waals surface area contributed by atoms with Crippen LogP contribution >= 0.6 is 0 Å². The molecule has 3 rings (SSSR count). The minimum absolute atomic E-state index is 0.468. The molecule has 0 unspecified atom stereocenters. The third kappa shape index (κ3) is 3.02. The molecule has 0 aliphatic carbocycles. The van der Waals surface area contributed by atoms with E-state index >= 15 is 0 Å². The Balaban J connectivity index is 1.81. The van der Waals surface area contributed by atoms with Gasteiger partial charge in [-0.05, 0) is 24.5 Å². The van der Waals surface area contributed by atoms with E-state index in [4.69, 9.17) is 0 Å². The van der Waals surface area contributed by atoms with Crippen LogP contribution in [-0.4, -0.2) is 33.6 Å². The number of hydrogen-bond acceptors (Lipinski definition) is 4. The van der Waals surface area contributed by atoms with Crippen molar-refractivity contribution in [3.8, 4) is 0 Å². The van der Waals surface area contributed by atoms with Gasteiger partial charge in [-0.3, -0.25) is 0 Å². The topological polar surface area (TPSA) is 66.3 Å². The van der Waals surface area contributed by atoms with Crippen molar-refractivity contribution in [1.82, 2.24) is 9.97 Å². The van der Waals surface area contributed by atoms with Crippen LogP contribution < -0.4 is 4.90 Å². The SMILES string of the molecule is O=C(O)[C@H]1CCCN1c1ccnc(Cc2ccccc2)n1. The van der Waals surface area contributed by atoms with E-state index in [0.717, 1.165) is 24.4 Å². The first-order chi connectivity index (χ1) is 10.2. The number of rotatable bonds is 4. The molecule has 0 bridgehead atoms. The van der Waals surface area contributed by atoms with Gasteiger partial charge in [0.05, 0.1) is 0 Å². The highest BCUT2D eigenvalue weighted by Crippen LogP contribution is 2.24. The van der Waals surface area contributed by atoms with Crippen LogP contribution in [0.1, 0.15) is 24.2 Å². The summed E-state index contributed by atoms with van der Waals surface area (Å²) in [5, 5.41) is 9.26. The zero-order valence-corrected chi connectivity index (χ0v) is 11.6. The quantitative estimate of drug-likeness (QED) is 0.931. The molecule has 5 nitrogen and oxygen atoms in total. The van der Waals surface area contributed by atoms with Crippen molar-refractivity contribution in [3.63, 3.8) is 0 Å². The van der Waals surface area contributed by atoms with Crippen LogP contribution in [0, 0.1) is 0 Å². The molecule has 5 heteroatoms. The van der Waals surface area contributed by atoms with Crippen LogP contribution in [-0.2, 0) is 11.2 Å². The Labute approximate surface area is 123 Å². The van der Waals surface area contributed by atoms with Gasteiger partial charge >= 0.3 is 5.97 Å². The predicted molar refractivity (Wildman–Crippen MR) is 79.3 cm³/mol. The molecule has 2 heterocycles. The number of carbonyl (C=O) groups is 1. The molecule has 1 aromatic heterocycles. The summed E-state index contributed by atoms with van der Waals surface area (Å²) in [6, 6.07) is 11.3. The lowest BCUT2D eigenvalue weighted by molar-refractivity contribution is -0.138. The fourth-order valence-corrected chi connectivity index (χ4v) is 2.71. The van der Waals surface area contributed by atoms with Crippen molar-refractivity contribution in [2.45, 2.75) is 25.3 Å². The van der Waals surface area contributed by atoms with Gasteiger partial charge in [0.25, 0.3) is 0 Å². The molecule has 0 spiro atoms. The van der Waals surface area contributed by atoms with Crippen LogP contribution in [0.3, 0.4) is 0 Å². The number of anilines is 1. The summed E-state index contributed by atoms with van der Waals surface area (Å²) in [6.07, 6.45) is 3.92. The molecule has 0 radical (unpaired) electrons. The van der Waals surface area contributed by atoms with Gasteiger partial charge in [0.15, 0.2) is 0 Å². The molecule has 1 fully saturated rings. The Morgan fingerprint density at radius 2 is 2.10 bits per heavy atom. The average Bonchev–Trinajstić information content (AvgIpc) is 2.98. The molecule has 0 amide bonds. The molecule has 21 heavy (non-hydrogen) atoms. The van der Waals surface area contributed by atoms with Crippen LogP contribution in [0.4, 0.5) is 5.82 Å². The molecule has 1 atom stereocenters. The predicted octanol–water partition coefficient (Wildman–Crippen LogP) is 2.12. The molecule has 1 aliphatic heterocycles. The lowest BCUT2D eigenvalue weighted by atomic mass is 10.1. The van der Waals surface area contributed by atoms with Crippen LogP contribution in [0.2, 0.25) is 0 Å². The molecule has 1 saturated heterocycles. The minimum Gasteiger partial charge on any atom is -0.480 e. The van der Waals surface area contributed by atoms with E-state index in [-0.39, 0.29) is 0 Å². The fourth-order valence-electron chi connectivity index (χ4n) is 2.71. The molecule has 1 aliphatic rings. The number of hydrogen-bond donors (Lipinski definition) is 1. The van der Waals surface area contributed by atoms with E-state index in [1.54, 1.807) is 12.3 Å². The largest absolute Gasteiger partial charge is 0.480 e. The zero-order valence-electron chi connectivity index (χ0n) is 11.6. The van der Waals surface area contributed by atoms with Crippen molar-refractivity contribution >= 4 is 11.8 Å². The second kappa shape index (κ2) is 5.91. The smallest absolute Gasteiger partial charge is 0.326 e. The first kappa shape index (κ1) is 13.5. The molecule has 1 N–H and O–H groups in total. The van der Waals surface area contributed by atoms with Gasteiger partial charge in [-0.2, -0.15) is 0 Å². The number of aliphatic carboxylic acids is 1. The van der Waals surface area contributed by atoms with Crippen LogP contribution in [0.25, 0.3) is 0 Å². The summed E-state index contributed by atoms with van der Waals surface area (Å²) in [6.45, 7) is 0.735. The third-order valence-electron chi connectivity index (χ3n) is 3.73. The molecule has 0 saturated carbocycles.